The van der Waals surface area contributed by atoms with Crippen LogP contribution in [0.25, 0.3) is 10.9 Å². The summed E-state index contributed by atoms with van der Waals surface area (Å²) in [6, 6.07) is 26.2. The molecule has 0 radical (unpaired) electrons. The summed E-state index contributed by atoms with van der Waals surface area (Å²) in [6.07, 6.45) is 3.48. The molecule has 4 aromatic rings. The summed E-state index contributed by atoms with van der Waals surface area (Å²) >= 11 is 6.31. The SMILES string of the molecule is C[C@@H](NC(=O)CCN(CCc1ccccc1)c1nc(C2CC2)nc2cc(Cl)ccc12)c1ccccc1. The molecule has 184 valence electrons. The van der Waals surface area contributed by atoms with E-state index in [-0.39, 0.29) is 11.9 Å². The Kier molecular flexibility index (Phi) is 7.47. The Hall–Kier alpha value is -3.44. The van der Waals surface area contributed by atoms with E-state index >= 15 is 0 Å². The monoisotopic (exact) mass is 498 g/mol. The van der Waals surface area contributed by atoms with Crippen LogP contribution in [0.5, 0.6) is 0 Å². The molecule has 5 rings (SSSR count). The van der Waals surface area contributed by atoms with Crippen LogP contribution in [0.15, 0.2) is 78.9 Å². The van der Waals surface area contributed by atoms with Gasteiger partial charge in [0.2, 0.25) is 5.91 Å². The molecule has 3 aromatic carbocycles. The van der Waals surface area contributed by atoms with Gasteiger partial charge in [0, 0.05) is 35.8 Å². The summed E-state index contributed by atoms with van der Waals surface area (Å²) in [4.78, 5) is 25.0. The number of amides is 1. The summed E-state index contributed by atoms with van der Waals surface area (Å²) < 4.78 is 0. The van der Waals surface area contributed by atoms with E-state index in [0.29, 0.717) is 23.9 Å². The van der Waals surface area contributed by atoms with Gasteiger partial charge in [0.15, 0.2) is 0 Å². The van der Waals surface area contributed by atoms with Crippen molar-refractivity contribution in [3.05, 3.63) is 101 Å². The lowest BCUT2D eigenvalue weighted by Crippen LogP contribution is -2.34. The molecule has 0 bridgehead atoms. The van der Waals surface area contributed by atoms with E-state index in [1.165, 1.54) is 5.56 Å². The van der Waals surface area contributed by atoms with E-state index in [0.717, 1.165) is 53.9 Å². The first kappa shape index (κ1) is 24.3. The zero-order valence-electron chi connectivity index (χ0n) is 20.5. The maximum absolute atomic E-state index is 12.9. The van der Waals surface area contributed by atoms with Gasteiger partial charge in [0.05, 0.1) is 11.6 Å². The van der Waals surface area contributed by atoms with Crippen molar-refractivity contribution >= 4 is 34.2 Å². The lowest BCUT2D eigenvalue weighted by atomic mass is 10.1. The molecule has 1 atom stereocenters. The van der Waals surface area contributed by atoms with E-state index in [9.17, 15) is 4.79 Å². The molecule has 5 nitrogen and oxygen atoms in total. The van der Waals surface area contributed by atoms with Crippen LogP contribution in [0.2, 0.25) is 5.02 Å². The maximum atomic E-state index is 12.9. The van der Waals surface area contributed by atoms with Crippen molar-refractivity contribution in [1.82, 2.24) is 15.3 Å². The quantitative estimate of drug-likeness (QED) is 0.272. The van der Waals surface area contributed by atoms with Crippen molar-refractivity contribution in [3.63, 3.8) is 0 Å². The average molecular weight is 499 g/mol. The van der Waals surface area contributed by atoms with E-state index in [2.05, 4.69) is 34.5 Å². The van der Waals surface area contributed by atoms with Crippen molar-refractivity contribution < 1.29 is 4.79 Å². The van der Waals surface area contributed by atoms with Gasteiger partial charge in [-0.1, -0.05) is 72.3 Å². The fourth-order valence-corrected chi connectivity index (χ4v) is 4.64. The number of hydrogen-bond donors (Lipinski definition) is 1. The van der Waals surface area contributed by atoms with Crippen LogP contribution in [-0.2, 0) is 11.2 Å². The Bertz CT molecular complexity index is 1330. The number of benzene rings is 3. The molecule has 0 saturated heterocycles. The van der Waals surface area contributed by atoms with Crippen LogP contribution in [0, 0.1) is 0 Å². The maximum Gasteiger partial charge on any atom is 0.222 e. The summed E-state index contributed by atoms with van der Waals surface area (Å²) in [5.41, 5.74) is 3.22. The molecule has 6 heteroatoms. The largest absolute Gasteiger partial charge is 0.355 e. The molecule has 1 aromatic heterocycles. The fraction of sp³-hybridized carbons (Fsp3) is 0.300. The van der Waals surface area contributed by atoms with Gasteiger partial charge in [-0.15, -0.1) is 0 Å². The van der Waals surface area contributed by atoms with Crippen LogP contribution < -0.4 is 10.2 Å². The van der Waals surface area contributed by atoms with E-state index in [1.807, 2.05) is 61.5 Å². The first-order chi connectivity index (χ1) is 17.6. The van der Waals surface area contributed by atoms with Gasteiger partial charge in [-0.2, -0.15) is 0 Å². The highest BCUT2D eigenvalue weighted by molar-refractivity contribution is 6.31. The van der Waals surface area contributed by atoms with Gasteiger partial charge in [-0.05, 0) is 55.5 Å². The molecule has 1 fully saturated rings. The Balaban J connectivity index is 1.39. The summed E-state index contributed by atoms with van der Waals surface area (Å²) in [7, 11) is 0. The zero-order valence-corrected chi connectivity index (χ0v) is 21.3. The smallest absolute Gasteiger partial charge is 0.222 e. The molecule has 1 saturated carbocycles. The van der Waals surface area contributed by atoms with Gasteiger partial charge >= 0.3 is 0 Å². The second kappa shape index (κ2) is 11.1. The first-order valence-corrected chi connectivity index (χ1v) is 13.0. The van der Waals surface area contributed by atoms with Crippen LogP contribution in [0.3, 0.4) is 0 Å². The number of anilines is 1. The third kappa shape index (κ3) is 6.03. The van der Waals surface area contributed by atoms with E-state index in [4.69, 9.17) is 21.6 Å². The molecule has 1 aliphatic rings. The number of nitrogens with one attached hydrogen (secondary N) is 1. The summed E-state index contributed by atoms with van der Waals surface area (Å²) in [5.74, 6) is 2.21. The minimum atomic E-state index is -0.0417. The fourth-order valence-electron chi connectivity index (χ4n) is 4.48. The number of aromatic nitrogens is 2. The van der Waals surface area contributed by atoms with Crippen molar-refractivity contribution in [2.45, 2.75) is 44.6 Å². The number of fused-ring (bicyclic) bond motifs is 1. The number of nitrogens with zero attached hydrogens (tertiary/aromatic N) is 3. The van der Waals surface area contributed by atoms with Crippen molar-refractivity contribution in [2.75, 3.05) is 18.0 Å². The molecule has 0 spiro atoms. The Morgan fingerprint density at radius 1 is 1.00 bits per heavy atom. The van der Waals surface area contributed by atoms with Gasteiger partial charge in [-0.25, -0.2) is 9.97 Å². The van der Waals surface area contributed by atoms with Crippen LogP contribution in [0.1, 0.15) is 55.1 Å². The van der Waals surface area contributed by atoms with Gasteiger partial charge < -0.3 is 10.2 Å². The minimum absolute atomic E-state index is 0.0277. The molecule has 0 unspecified atom stereocenters. The number of hydrogen-bond acceptors (Lipinski definition) is 4. The predicted molar refractivity (Wildman–Crippen MR) is 146 cm³/mol. The molecule has 1 amide bonds. The highest BCUT2D eigenvalue weighted by Gasteiger charge is 2.28. The standard InChI is InChI=1S/C30H31ClN4O/c1-21(23-10-6-3-7-11-23)32-28(36)17-19-35(18-16-22-8-4-2-5-9-22)30-26-15-14-25(31)20-27(26)33-29(34-30)24-12-13-24/h2-11,14-15,20-21,24H,12-13,16-19H2,1H3,(H,32,36)/t21-/m1/s1. The van der Waals surface area contributed by atoms with Gasteiger partial charge in [0.1, 0.15) is 11.6 Å². The third-order valence-corrected chi connectivity index (χ3v) is 6.93. The molecule has 1 aliphatic carbocycles. The van der Waals surface area contributed by atoms with Crippen molar-refractivity contribution in [3.8, 4) is 0 Å². The van der Waals surface area contributed by atoms with Gasteiger partial charge in [0.25, 0.3) is 0 Å². The van der Waals surface area contributed by atoms with E-state index < -0.39 is 0 Å². The Labute approximate surface area is 217 Å². The highest BCUT2D eigenvalue weighted by atomic mass is 35.5. The normalized spacial score (nSPS) is 13.9. The Morgan fingerprint density at radius 3 is 2.44 bits per heavy atom. The average Bonchev–Trinajstić information content (AvgIpc) is 3.75. The summed E-state index contributed by atoms with van der Waals surface area (Å²) in [6.45, 7) is 3.34. The second-order valence-corrected chi connectivity index (χ2v) is 9.95. The predicted octanol–water partition coefficient (Wildman–Crippen LogP) is 6.48. The molecular formula is C30H31ClN4O. The first-order valence-electron chi connectivity index (χ1n) is 12.7. The van der Waals surface area contributed by atoms with E-state index in [1.54, 1.807) is 0 Å². The van der Waals surface area contributed by atoms with Crippen LogP contribution >= 0.6 is 11.6 Å². The molecule has 0 aliphatic heterocycles. The lowest BCUT2D eigenvalue weighted by Gasteiger charge is -2.26. The Morgan fingerprint density at radius 2 is 1.72 bits per heavy atom. The minimum Gasteiger partial charge on any atom is -0.355 e. The topological polar surface area (TPSA) is 58.1 Å². The number of carbonyl (C=O) groups excluding carboxylic acids is 1. The zero-order chi connectivity index (χ0) is 24.9. The number of carbonyl (C=O) groups is 1. The molecule has 36 heavy (non-hydrogen) atoms. The molecule has 1 N–H and O–H groups in total. The molecular weight excluding hydrogens is 468 g/mol. The second-order valence-electron chi connectivity index (χ2n) is 9.51. The van der Waals surface area contributed by atoms with Crippen molar-refractivity contribution in [1.29, 1.82) is 0 Å². The molecule has 1 heterocycles. The number of rotatable bonds is 10. The lowest BCUT2D eigenvalue weighted by molar-refractivity contribution is -0.121. The van der Waals surface area contributed by atoms with Crippen LogP contribution in [0.4, 0.5) is 5.82 Å². The summed E-state index contributed by atoms with van der Waals surface area (Å²) in [5, 5.41) is 4.78. The van der Waals surface area contributed by atoms with Crippen LogP contribution in [-0.4, -0.2) is 29.0 Å². The highest BCUT2D eigenvalue weighted by Crippen LogP contribution is 2.40. The third-order valence-electron chi connectivity index (χ3n) is 6.70. The number of halogens is 1. The van der Waals surface area contributed by atoms with Gasteiger partial charge in [-0.3, -0.25) is 4.79 Å². The van der Waals surface area contributed by atoms with Crippen molar-refractivity contribution in [2.24, 2.45) is 0 Å².